The Hall–Kier alpha value is -4.40. The SMILES string of the molecule is O=C1Nc2ccc(S(=O)(=O)Nc3ccccc3)cc2/C1=C(/Nc1ccc(CCN2CCCCC2)cc1)c1ccccc1. The average Bonchev–Trinajstić information content (AvgIpc) is 3.35. The average molecular weight is 579 g/mol. The smallest absolute Gasteiger partial charge is 0.261 e. The van der Waals surface area contributed by atoms with E-state index in [2.05, 4.69) is 32.4 Å². The zero-order valence-corrected chi connectivity index (χ0v) is 24.2. The highest BCUT2D eigenvalue weighted by Crippen LogP contribution is 2.39. The van der Waals surface area contributed by atoms with Crippen molar-refractivity contribution in [2.24, 2.45) is 0 Å². The maximum atomic E-state index is 13.4. The molecule has 2 aliphatic rings. The molecule has 1 amide bonds. The van der Waals surface area contributed by atoms with E-state index in [1.165, 1.54) is 44.0 Å². The number of piperidine rings is 1. The van der Waals surface area contributed by atoms with E-state index in [1.807, 2.05) is 48.5 Å². The Labute approximate surface area is 247 Å². The number of nitrogens with one attached hydrogen (secondary N) is 3. The molecule has 1 fully saturated rings. The fourth-order valence-corrected chi connectivity index (χ4v) is 6.62. The number of likely N-dealkylation sites (tertiary alicyclic amines) is 1. The van der Waals surface area contributed by atoms with Crippen LogP contribution in [0.4, 0.5) is 17.1 Å². The number of fused-ring (bicyclic) bond motifs is 1. The lowest BCUT2D eigenvalue weighted by Gasteiger charge is -2.26. The number of hydrogen-bond donors (Lipinski definition) is 3. The van der Waals surface area contributed by atoms with Crippen molar-refractivity contribution in [3.8, 4) is 0 Å². The number of para-hydroxylation sites is 1. The van der Waals surface area contributed by atoms with Crippen LogP contribution in [0.25, 0.3) is 11.3 Å². The summed E-state index contributed by atoms with van der Waals surface area (Å²) in [5.41, 5.74) is 5.50. The highest BCUT2D eigenvalue weighted by Gasteiger charge is 2.30. The Morgan fingerprint density at radius 3 is 2.19 bits per heavy atom. The number of carbonyl (C=O) groups excluding carboxylic acids is 1. The second kappa shape index (κ2) is 12.2. The number of anilines is 3. The normalized spacial score (nSPS) is 16.4. The van der Waals surface area contributed by atoms with E-state index < -0.39 is 10.0 Å². The molecule has 7 nitrogen and oxygen atoms in total. The predicted octanol–water partition coefficient (Wildman–Crippen LogP) is 6.45. The van der Waals surface area contributed by atoms with E-state index in [9.17, 15) is 13.2 Å². The van der Waals surface area contributed by atoms with Gasteiger partial charge in [0.15, 0.2) is 0 Å². The van der Waals surface area contributed by atoms with Crippen molar-refractivity contribution in [2.75, 3.05) is 35.0 Å². The molecule has 0 bridgehead atoms. The first-order chi connectivity index (χ1) is 20.5. The summed E-state index contributed by atoms with van der Waals surface area (Å²) in [4.78, 5) is 16.0. The van der Waals surface area contributed by atoms with Crippen molar-refractivity contribution in [1.82, 2.24) is 4.90 Å². The van der Waals surface area contributed by atoms with Gasteiger partial charge in [-0.15, -0.1) is 0 Å². The first-order valence-corrected chi connectivity index (χ1v) is 15.9. The van der Waals surface area contributed by atoms with Crippen molar-refractivity contribution in [3.63, 3.8) is 0 Å². The molecule has 0 unspecified atom stereocenters. The molecule has 0 spiro atoms. The number of hydrogen-bond acceptors (Lipinski definition) is 5. The van der Waals surface area contributed by atoms with Crippen molar-refractivity contribution in [2.45, 2.75) is 30.6 Å². The van der Waals surface area contributed by atoms with Gasteiger partial charge < -0.3 is 15.5 Å². The highest BCUT2D eigenvalue weighted by atomic mass is 32.2. The lowest BCUT2D eigenvalue weighted by Crippen LogP contribution is -2.31. The van der Waals surface area contributed by atoms with Crippen LogP contribution in [0, 0.1) is 0 Å². The predicted molar refractivity (Wildman–Crippen MR) is 170 cm³/mol. The van der Waals surface area contributed by atoms with Gasteiger partial charge >= 0.3 is 0 Å². The second-order valence-electron chi connectivity index (χ2n) is 10.7. The molecule has 214 valence electrons. The summed E-state index contributed by atoms with van der Waals surface area (Å²) < 4.78 is 29.1. The number of rotatable bonds is 9. The summed E-state index contributed by atoms with van der Waals surface area (Å²) in [6.07, 6.45) is 4.90. The number of benzene rings is 4. The Morgan fingerprint density at radius 1 is 0.786 bits per heavy atom. The fourth-order valence-electron chi connectivity index (χ4n) is 5.54. The maximum Gasteiger partial charge on any atom is 0.261 e. The Balaban J connectivity index is 1.31. The standard InChI is InChI=1S/C34H34N4O3S/c39-34-32(30-24-29(18-19-31(30)36-34)42(40,41)37-28-12-6-2-7-13-28)33(26-10-4-1-5-11-26)35-27-16-14-25(15-17-27)20-23-38-21-8-3-9-22-38/h1-2,4-7,10-19,24,35,37H,3,8-9,20-23H2,(H,36,39)/b33-32-. The third kappa shape index (κ3) is 6.25. The minimum atomic E-state index is -3.88. The van der Waals surface area contributed by atoms with Crippen LogP contribution in [0.15, 0.2) is 108 Å². The molecule has 0 radical (unpaired) electrons. The van der Waals surface area contributed by atoms with E-state index >= 15 is 0 Å². The summed E-state index contributed by atoms with van der Waals surface area (Å²) in [6, 6.07) is 31.4. The zero-order chi connectivity index (χ0) is 28.9. The summed E-state index contributed by atoms with van der Waals surface area (Å²) >= 11 is 0. The van der Waals surface area contributed by atoms with E-state index in [0.29, 0.717) is 28.2 Å². The summed E-state index contributed by atoms with van der Waals surface area (Å²) in [7, 11) is -3.88. The first-order valence-electron chi connectivity index (χ1n) is 14.4. The molecule has 6 rings (SSSR count). The molecule has 0 aliphatic carbocycles. The molecule has 8 heteroatoms. The summed E-state index contributed by atoms with van der Waals surface area (Å²) in [5, 5.41) is 6.39. The largest absolute Gasteiger partial charge is 0.354 e. The minimum absolute atomic E-state index is 0.0737. The molecule has 4 aromatic rings. The van der Waals surface area contributed by atoms with Crippen LogP contribution in [0.1, 0.15) is 36.0 Å². The van der Waals surface area contributed by atoms with Crippen molar-refractivity contribution >= 4 is 44.3 Å². The molecule has 2 heterocycles. The van der Waals surface area contributed by atoms with Gasteiger partial charge in [0.2, 0.25) is 0 Å². The Bertz CT molecular complexity index is 1700. The van der Waals surface area contributed by atoms with E-state index in [-0.39, 0.29) is 10.8 Å². The minimum Gasteiger partial charge on any atom is -0.354 e. The Morgan fingerprint density at radius 2 is 1.48 bits per heavy atom. The number of carbonyl (C=O) groups is 1. The van der Waals surface area contributed by atoms with Gasteiger partial charge in [0.1, 0.15) is 0 Å². The van der Waals surface area contributed by atoms with Gasteiger partial charge in [0.05, 0.1) is 16.2 Å². The van der Waals surface area contributed by atoms with Gasteiger partial charge in [-0.1, -0.05) is 67.1 Å². The van der Waals surface area contributed by atoms with E-state index in [1.54, 1.807) is 36.4 Å². The van der Waals surface area contributed by atoms with E-state index in [4.69, 9.17) is 0 Å². The zero-order valence-electron chi connectivity index (χ0n) is 23.3. The number of nitrogens with zero attached hydrogens (tertiary/aromatic N) is 1. The van der Waals surface area contributed by atoms with E-state index in [0.717, 1.165) is 24.2 Å². The van der Waals surface area contributed by atoms with Crippen molar-refractivity contribution in [1.29, 1.82) is 0 Å². The van der Waals surface area contributed by atoms with Gasteiger partial charge in [0, 0.05) is 29.2 Å². The Kier molecular flexibility index (Phi) is 8.08. The van der Waals surface area contributed by atoms with Crippen LogP contribution in [0.3, 0.4) is 0 Å². The summed E-state index contributed by atoms with van der Waals surface area (Å²) in [6.45, 7) is 3.43. The third-order valence-corrected chi connectivity index (χ3v) is 9.15. The number of amides is 1. The van der Waals surface area contributed by atoms with Gasteiger partial charge in [-0.3, -0.25) is 9.52 Å². The third-order valence-electron chi connectivity index (χ3n) is 7.77. The second-order valence-corrected chi connectivity index (χ2v) is 12.4. The van der Waals surface area contributed by atoms with Gasteiger partial charge in [-0.25, -0.2) is 8.42 Å². The van der Waals surface area contributed by atoms with Crippen LogP contribution >= 0.6 is 0 Å². The lowest BCUT2D eigenvalue weighted by atomic mass is 10.00. The van der Waals surface area contributed by atoms with Gasteiger partial charge in [0.25, 0.3) is 15.9 Å². The summed E-state index contributed by atoms with van der Waals surface area (Å²) in [5.74, 6) is -0.292. The molecule has 1 saturated heterocycles. The quantitative estimate of drug-likeness (QED) is 0.199. The fraction of sp³-hybridized carbons (Fsp3) is 0.206. The van der Waals surface area contributed by atoms with Crippen LogP contribution < -0.4 is 15.4 Å². The highest BCUT2D eigenvalue weighted by molar-refractivity contribution is 7.92. The molecule has 0 atom stereocenters. The molecule has 0 aromatic heterocycles. The van der Waals surface area contributed by atoms with Crippen LogP contribution in [0.2, 0.25) is 0 Å². The number of sulfonamides is 1. The van der Waals surface area contributed by atoms with Crippen LogP contribution in [0.5, 0.6) is 0 Å². The lowest BCUT2D eigenvalue weighted by molar-refractivity contribution is -0.110. The van der Waals surface area contributed by atoms with Gasteiger partial charge in [-0.2, -0.15) is 0 Å². The molecule has 4 aromatic carbocycles. The molecular weight excluding hydrogens is 544 g/mol. The molecule has 2 aliphatic heterocycles. The molecule has 3 N–H and O–H groups in total. The topological polar surface area (TPSA) is 90.5 Å². The van der Waals surface area contributed by atoms with Crippen LogP contribution in [-0.2, 0) is 21.2 Å². The van der Waals surface area contributed by atoms with Crippen molar-refractivity contribution in [3.05, 3.63) is 120 Å². The van der Waals surface area contributed by atoms with Crippen molar-refractivity contribution < 1.29 is 13.2 Å². The molecular formula is C34H34N4O3S. The van der Waals surface area contributed by atoms with Gasteiger partial charge in [-0.05, 0) is 85.9 Å². The first kappa shape index (κ1) is 27.8. The maximum absolute atomic E-state index is 13.4. The molecule has 0 saturated carbocycles. The molecule has 42 heavy (non-hydrogen) atoms. The monoisotopic (exact) mass is 578 g/mol. The van der Waals surface area contributed by atoms with Crippen LogP contribution in [-0.4, -0.2) is 38.9 Å².